The molecule has 4 aromatic rings. The summed E-state index contributed by atoms with van der Waals surface area (Å²) in [6.07, 6.45) is 4.66. The van der Waals surface area contributed by atoms with Crippen molar-refractivity contribution in [2.45, 2.75) is 56.0 Å². The van der Waals surface area contributed by atoms with Gasteiger partial charge in [-0.2, -0.15) is 9.97 Å². The molecule has 6 heterocycles. The lowest BCUT2D eigenvalue weighted by atomic mass is 9.95. The van der Waals surface area contributed by atoms with E-state index in [1.54, 1.807) is 6.20 Å². The van der Waals surface area contributed by atoms with E-state index in [1.807, 2.05) is 0 Å². The number of ether oxygens (including phenoxy) is 2. The quantitative estimate of drug-likeness (QED) is 0.364. The van der Waals surface area contributed by atoms with Crippen LogP contribution in [0.15, 0.2) is 18.3 Å². The molecule has 0 bridgehead atoms. The molecule has 2 N–H and O–H groups in total. The van der Waals surface area contributed by atoms with Crippen LogP contribution in [0, 0.1) is 11.6 Å². The zero-order chi connectivity index (χ0) is 27.9. The number of nitrogen functional groups attached to an aromatic ring is 1. The first kappa shape index (κ1) is 25.4. The Kier molecular flexibility index (Phi) is 5.81. The van der Waals surface area contributed by atoms with Crippen LogP contribution in [0.3, 0.4) is 0 Å². The van der Waals surface area contributed by atoms with Crippen LogP contribution in [-0.4, -0.2) is 81.5 Å². The molecule has 4 fully saturated rings. The third kappa shape index (κ3) is 4.11. The normalized spacial score (nSPS) is 27.8. The number of anilines is 2. The molecule has 0 radical (unpaired) electrons. The smallest absolute Gasteiger partial charge is 0.319 e. The van der Waals surface area contributed by atoms with Crippen molar-refractivity contribution in [3.8, 4) is 17.3 Å². The van der Waals surface area contributed by atoms with Crippen LogP contribution in [0.5, 0.6) is 6.01 Å². The molecule has 0 unspecified atom stereocenters. The van der Waals surface area contributed by atoms with Crippen LogP contribution in [0.4, 0.5) is 24.1 Å². The number of nitrogens with zero attached hydrogens (tertiary/aromatic N) is 6. The molecule has 4 aliphatic rings. The first-order valence-electron chi connectivity index (χ1n) is 14.0. The molecule has 214 valence electrons. The molecule has 8 rings (SSSR count). The topological polar surface area (TPSA) is 103 Å². The third-order valence-corrected chi connectivity index (χ3v) is 9.78. The van der Waals surface area contributed by atoms with Gasteiger partial charge in [-0.3, -0.25) is 9.88 Å². The number of alkyl halides is 1. The molecular formula is C28H28F3N7O2S. The fourth-order valence-corrected chi connectivity index (χ4v) is 7.65. The summed E-state index contributed by atoms with van der Waals surface area (Å²) < 4.78 is 57.7. The lowest BCUT2D eigenvalue weighted by Crippen LogP contribution is -2.43. The van der Waals surface area contributed by atoms with E-state index in [2.05, 4.69) is 24.8 Å². The van der Waals surface area contributed by atoms with Gasteiger partial charge in [0, 0.05) is 37.9 Å². The van der Waals surface area contributed by atoms with Gasteiger partial charge in [-0.05, 0) is 44.4 Å². The van der Waals surface area contributed by atoms with E-state index in [0.29, 0.717) is 42.9 Å². The largest absolute Gasteiger partial charge is 0.461 e. The summed E-state index contributed by atoms with van der Waals surface area (Å²) >= 11 is 1.000. The Bertz CT molecular complexity index is 1690. The van der Waals surface area contributed by atoms with Gasteiger partial charge in [-0.15, -0.1) is 0 Å². The number of thiazole rings is 1. The van der Waals surface area contributed by atoms with Gasteiger partial charge in [-0.1, -0.05) is 11.3 Å². The van der Waals surface area contributed by atoms with Gasteiger partial charge in [0.1, 0.15) is 35.6 Å². The molecule has 4 atom stereocenters. The highest BCUT2D eigenvalue weighted by atomic mass is 32.1. The predicted octanol–water partition coefficient (Wildman–Crippen LogP) is 4.48. The molecular weight excluding hydrogens is 555 g/mol. The van der Waals surface area contributed by atoms with Gasteiger partial charge in [0.05, 0.1) is 33.3 Å². The van der Waals surface area contributed by atoms with E-state index in [1.165, 1.54) is 12.1 Å². The molecule has 41 heavy (non-hydrogen) atoms. The highest BCUT2D eigenvalue weighted by molar-refractivity contribution is 7.22. The van der Waals surface area contributed by atoms with Crippen LogP contribution < -0.4 is 15.4 Å². The number of benzene rings is 1. The number of aromatic nitrogens is 4. The number of halogens is 3. The second kappa shape index (κ2) is 9.36. The third-order valence-electron chi connectivity index (χ3n) is 8.89. The van der Waals surface area contributed by atoms with Crippen LogP contribution in [-0.2, 0) is 4.74 Å². The standard InChI is InChI=1S/C28H28F3N7O2S/c29-14-10-28(5-1-6-37(28)12-14)13-40-27-35-22-16(25(36-27)38-7-2-8-39-19-9-18(19)38)11-33-21(20(22)31)15-3-4-17(30)24-23(15)34-26(32)41-24/h3-4,11,14,18-19H,1-2,5-10,12-13H2,(H2,32,34)/t14-,18-,19+,28+/m1/s1. The van der Waals surface area contributed by atoms with E-state index in [4.69, 9.17) is 20.2 Å². The number of hydrogen-bond donors (Lipinski definition) is 1. The summed E-state index contributed by atoms with van der Waals surface area (Å²) in [7, 11) is 0. The minimum atomic E-state index is -0.894. The summed E-state index contributed by atoms with van der Waals surface area (Å²) in [5.74, 6) is -0.623. The zero-order valence-corrected chi connectivity index (χ0v) is 23.0. The fourth-order valence-electron chi connectivity index (χ4n) is 6.89. The van der Waals surface area contributed by atoms with E-state index >= 15 is 4.39 Å². The van der Waals surface area contributed by atoms with Gasteiger partial charge in [-0.25, -0.2) is 18.2 Å². The van der Waals surface area contributed by atoms with Crippen LogP contribution >= 0.6 is 11.3 Å². The Balaban J connectivity index is 1.25. The molecule has 3 aliphatic heterocycles. The maximum Gasteiger partial charge on any atom is 0.319 e. The van der Waals surface area contributed by atoms with Crippen molar-refractivity contribution in [3.05, 3.63) is 30.0 Å². The van der Waals surface area contributed by atoms with Crippen molar-refractivity contribution in [3.63, 3.8) is 0 Å². The molecule has 0 spiro atoms. The number of rotatable bonds is 5. The Hall–Kier alpha value is -3.29. The van der Waals surface area contributed by atoms with Crippen molar-refractivity contribution in [2.75, 3.05) is 43.5 Å². The molecule has 9 nitrogen and oxygen atoms in total. The van der Waals surface area contributed by atoms with Crippen LogP contribution in [0.2, 0.25) is 0 Å². The zero-order valence-electron chi connectivity index (χ0n) is 22.2. The van der Waals surface area contributed by atoms with Crippen molar-refractivity contribution >= 4 is 43.4 Å². The second-order valence-electron chi connectivity index (χ2n) is 11.5. The Labute approximate surface area is 237 Å². The van der Waals surface area contributed by atoms with Crippen LogP contribution in [0.1, 0.15) is 32.1 Å². The molecule has 1 saturated carbocycles. The predicted molar refractivity (Wildman–Crippen MR) is 149 cm³/mol. The van der Waals surface area contributed by atoms with E-state index < -0.39 is 23.3 Å². The number of hydrogen-bond acceptors (Lipinski definition) is 10. The van der Waals surface area contributed by atoms with Gasteiger partial charge < -0.3 is 20.1 Å². The lowest BCUT2D eigenvalue weighted by Gasteiger charge is -2.31. The fraction of sp³-hybridized carbons (Fsp3) is 0.500. The maximum absolute atomic E-state index is 16.5. The van der Waals surface area contributed by atoms with Crippen molar-refractivity contribution in [2.24, 2.45) is 0 Å². The number of pyridine rings is 1. The summed E-state index contributed by atoms with van der Waals surface area (Å²) in [4.78, 5) is 22.3. The molecule has 1 aliphatic carbocycles. The van der Waals surface area contributed by atoms with Gasteiger partial charge >= 0.3 is 6.01 Å². The van der Waals surface area contributed by atoms with Crippen molar-refractivity contribution in [1.29, 1.82) is 0 Å². The minimum Gasteiger partial charge on any atom is -0.461 e. The SMILES string of the molecule is Nc1nc2c(-c3ncc4c(N5CCCO[C@H]6C[C@H]65)nc(OC[C@@]56CCCN5C[C@H](F)C6)nc4c3F)ccc(F)c2s1. The molecule has 3 saturated heterocycles. The highest BCUT2D eigenvalue weighted by Crippen LogP contribution is 2.43. The average Bonchev–Trinajstić information content (AvgIpc) is 3.35. The van der Waals surface area contributed by atoms with E-state index in [-0.39, 0.29) is 51.3 Å². The van der Waals surface area contributed by atoms with E-state index in [0.717, 1.165) is 43.6 Å². The first-order valence-corrected chi connectivity index (χ1v) is 14.8. The first-order chi connectivity index (χ1) is 19.9. The van der Waals surface area contributed by atoms with Gasteiger partial charge in [0.15, 0.2) is 10.9 Å². The second-order valence-corrected chi connectivity index (χ2v) is 12.5. The maximum atomic E-state index is 16.5. The Morgan fingerprint density at radius 2 is 2.05 bits per heavy atom. The Morgan fingerprint density at radius 1 is 1.15 bits per heavy atom. The lowest BCUT2D eigenvalue weighted by molar-refractivity contribution is 0.107. The van der Waals surface area contributed by atoms with Gasteiger partial charge in [0.2, 0.25) is 0 Å². The summed E-state index contributed by atoms with van der Waals surface area (Å²) in [5.41, 5.74) is 6.07. The van der Waals surface area contributed by atoms with Crippen molar-refractivity contribution < 1.29 is 22.6 Å². The molecule has 1 aromatic carbocycles. The summed E-state index contributed by atoms with van der Waals surface area (Å²) in [5, 5.41) is 0.630. The minimum absolute atomic E-state index is 0.0106. The average molecular weight is 584 g/mol. The number of fused-ring (bicyclic) bond motifs is 4. The van der Waals surface area contributed by atoms with Crippen LogP contribution in [0.25, 0.3) is 32.4 Å². The summed E-state index contributed by atoms with van der Waals surface area (Å²) in [6, 6.07) is 2.89. The van der Waals surface area contributed by atoms with Crippen molar-refractivity contribution in [1.82, 2.24) is 24.8 Å². The molecule has 0 amide bonds. The van der Waals surface area contributed by atoms with Gasteiger partial charge in [0.25, 0.3) is 0 Å². The molecule has 13 heteroatoms. The van der Waals surface area contributed by atoms with E-state index in [9.17, 15) is 8.78 Å². The highest BCUT2D eigenvalue weighted by Gasteiger charge is 2.50. The summed E-state index contributed by atoms with van der Waals surface area (Å²) in [6.45, 7) is 2.81. The molecule has 3 aromatic heterocycles. The number of nitrogens with two attached hydrogens (primary N) is 1. The monoisotopic (exact) mass is 583 g/mol. The Morgan fingerprint density at radius 3 is 2.95 bits per heavy atom.